The minimum absolute atomic E-state index is 0.172. The van der Waals surface area contributed by atoms with Gasteiger partial charge in [-0.1, -0.05) is 0 Å². The van der Waals surface area contributed by atoms with Crippen molar-refractivity contribution in [2.24, 2.45) is 5.92 Å². The standard InChI is InChI=1S/C9H11BrFNS/c10-7-1-9(13-5-7)8-4-12-3-6(8)2-11/h1,5-6,8,12H,2-4H2/t6-,8+/m0/s1. The molecule has 0 unspecified atom stereocenters. The lowest BCUT2D eigenvalue weighted by atomic mass is 9.96. The molecule has 0 amide bonds. The summed E-state index contributed by atoms with van der Waals surface area (Å²) in [5.74, 6) is 0.548. The fraction of sp³-hybridized carbons (Fsp3) is 0.556. The molecule has 4 heteroatoms. The van der Waals surface area contributed by atoms with Crippen molar-refractivity contribution in [3.05, 3.63) is 20.8 Å². The van der Waals surface area contributed by atoms with E-state index in [-0.39, 0.29) is 12.6 Å². The van der Waals surface area contributed by atoms with Crippen molar-refractivity contribution in [1.82, 2.24) is 5.32 Å². The maximum Gasteiger partial charge on any atom is 0.0941 e. The third-order valence-electron chi connectivity index (χ3n) is 2.49. The normalized spacial score (nSPS) is 28.2. The smallest absolute Gasteiger partial charge is 0.0941 e. The SMILES string of the molecule is FC[C@H]1CNC[C@H]1c1cc(Br)cs1. The Bertz CT molecular complexity index is 289. The Kier molecular flexibility index (Phi) is 3.01. The number of thiophene rings is 1. The number of alkyl halides is 1. The van der Waals surface area contributed by atoms with E-state index in [4.69, 9.17) is 0 Å². The summed E-state index contributed by atoms with van der Waals surface area (Å²) in [5, 5.41) is 5.29. The second-order valence-electron chi connectivity index (χ2n) is 3.35. The molecule has 1 aliphatic heterocycles. The van der Waals surface area contributed by atoms with Crippen molar-refractivity contribution in [2.75, 3.05) is 19.8 Å². The van der Waals surface area contributed by atoms with Crippen LogP contribution in [0.1, 0.15) is 10.8 Å². The summed E-state index contributed by atoms with van der Waals surface area (Å²) in [5.41, 5.74) is 0. The van der Waals surface area contributed by atoms with Crippen LogP contribution < -0.4 is 5.32 Å². The molecule has 1 N–H and O–H groups in total. The van der Waals surface area contributed by atoms with E-state index >= 15 is 0 Å². The summed E-state index contributed by atoms with van der Waals surface area (Å²) in [6.45, 7) is 1.52. The lowest BCUT2D eigenvalue weighted by Gasteiger charge is -2.12. The molecular weight excluding hydrogens is 253 g/mol. The predicted molar refractivity (Wildman–Crippen MR) is 57.1 cm³/mol. The lowest BCUT2D eigenvalue weighted by molar-refractivity contribution is 0.360. The van der Waals surface area contributed by atoms with Crippen molar-refractivity contribution in [3.8, 4) is 0 Å². The van der Waals surface area contributed by atoms with Gasteiger partial charge in [0.25, 0.3) is 0 Å². The first-order chi connectivity index (χ1) is 6.31. The zero-order valence-electron chi connectivity index (χ0n) is 7.09. The van der Waals surface area contributed by atoms with E-state index in [1.165, 1.54) is 4.88 Å². The second kappa shape index (κ2) is 4.07. The van der Waals surface area contributed by atoms with Gasteiger partial charge in [-0.2, -0.15) is 0 Å². The van der Waals surface area contributed by atoms with Crippen molar-refractivity contribution in [3.63, 3.8) is 0 Å². The van der Waals surface area contributed by atoms with Gasteiger partial charge in [-0.15, -0.1) is 11.3 Å². The Balaban J connectivity index is 2.15. The van der Waals surface area contributed by atoms with Gasteiger partial charge in [0.15, 0.2) is 0 Å². The highest BCUT2D eigenvalue weighted by Gasteiger charge is 2.29. The van der Waals surface area contributed by atoms with Crippen LogP contribution in [0.2, 0.25) is 0 Å². The first kappa shape index (κ1) is 9.62. The summed E-state index contributed by atoms with van der Waals surface area (Å²) in [6.07, 6.45) is 0. The van der Waals surface area contributed by atoms with E-state index in [2.05, 4.69) is 32.7 Å². The Morgan fingerprint density at radius 3 is 3.08 bits per heavy atom. The van der Waals surface area contributed by atoms with Crippen LogP contribution >= 0.6 is 27.3 Å². The van der Waals surface area contributed by atoms with Crippen LogP contribution in [0.4, 0.5) is 4.39 Å². The van der Waals surface area contributed by atoms with Crippen molar-refractivity contribution in [1.29, 1.82) is 0 Å². The lowest BCUT2D eigenvalue weighted by Crippen LogP contribution is -2.11. The molecule has 0 spiro atoms. The average Bonchev–Trinajstić information content (AvgIpc) is 2.71. The first-order valence-corrected chi connectivity index (χ1v) is 5.99. The maximum atomic E-state index is 12.6. The quantitative estimate of drug-likeness (QED) is 0.866. The Hall–Kier alpha value is 0.0700. The minimum atomic E-state index is -0.215. The van der Waals surface area contributed by atoms with Gasteiger partial charge in [-0.3, -0.25) is 4.39 Å². The summed E-state index contributed by atoms with van der Waals surface area (Å²) in [7, 11) is 0. The molecule has 1 aromatic rings. The van der Waals surface area contributed by atoms with Crippen LogP contribution in [0, 0.1) is 5.92 Å². The molecule has 1 aromatic heterocycles. The summed E-state index contributed by atoms with van der Waals surface area (Å²) >= 11 is 5.13. The highest BCUT2D eigenvalue weighted by atomic mass is 79.9. The summed E-state index contributed by atoms with van der Waals surface area (Å²) in [6, 6.07) is 2.10. The summed E-state index contributed by atoms with van der Waals surface area (Å²) in [4.78, 5) is 1.29. The highest BCUT2D eigenvalue weighted by molar-refractivity contribution is 9.10. The fourth-order valence-corrected chi connectivity index (χ4v) is 3.39. The Labute approximate surface area is 89.5 Å². The molecule has 0 radical (unpaired) electrons. The molecule has 1 fully saturated rings. The molecule has 0 aliphatic carbocycles. The number of hydrogen-bond acceptors (Lipinski definition) is 2. The monoisotopic (exact) mass is 263 g/mol. The van der Waals surface area contributed by atoms with E-state index in [1.807, 2.05) is 0 Å². The molecule has 1 nitrogen and oxygen atoms in total. The van der Waals surface area contributed by atoms with Crippen LogP contribution in [0.5, 0.6) is 0 Å². The number of hydrogen-bond donors (Lipinski definition) is 1. The van der Waals surface area contributed by atoms with Crippen molar-refractivity contribution < 1.29 is 4.39 Å². The van der Waals surface area contributed by atoms with Gasteiger partial charge in [-0.25, -0.2) is 0 Å². The molecule has 0 aromatic carbocycles. The van der Waals surface area contributed by atoms with Gasteiger partial charge in [0.1, 0.15) is 0 Å². The molecule has 72 valence electrons. The number of rotatable bonds is 2. The second-order valence-corrected chi connectivity index (χ2v) is 5.20. The zero-order chi connectivity index (χ0) is 9.26. The maximum absolute atomic E-state index is 12.6. The van der Waals surface area contributed by atoms with Gasteiger partial charge in [0.2, 0.25) is 0 Å². The summed E-state index contributed by atoms with van der Waals surface area (Å²) < 4.78 is 13.7. The highest BCUT2D eigenvalue weighted by Crippen LogP contribution is 2.34. The van der Waals surface area contributed by atoms with Gasteiger partial charge >= 0.3 is 0 Å². The van der Waals surface area contributed by atoms with Gasteiger partial charge in [0.05, 0.1) is 6.67 Å². The van der Waals surface area contributed by atoms with Gasteiger partial charge in [-0.05, 0) is 22.0 Å². The molecule has 2 atom stereocenters. The Morgan fingerprint density at radius 1 is 1.62 bits per heavy atom. The van der Waals surface area contributed by atoms with Crippen LogP contribution in [-0.2, 0) is 0 Å². The van der Waals surface area contributed by atoms with Crippen LogP contribution in [0.3, 0.4) is 0 Å². The van der Waals surface area contributed by atoms with E-state index in [0.717, 1.165) is 17.6 Å². The van der Waals surface area contributed by atoms with Crippen LogP contribution in [-0.4, -0.2) is 19.8 Å². The number of nitrogens with one attached hydrogen (secondary N) is 1. The van der Waals surface area contributed by atoms with Gasteiger partial charge in [0, 0.05) is 39.7 Å². The van der Waals surface area contributed by atoms with E-state index in [9.17, 15) is 4.39 Å². The number of halogens is 2. The largest absolute Gasteiger partial charge is 0.316 e. The van der Waals surface area contributed by atoms with E-state index < -0.39 is 0 Å². The molecular formula is C9H11BrFNS. The molecule has 1 aliphatic rings. The molecule has 13 heavy (non-hydrogen) atoms. The molecule has 0 saturated carbocycles. The van der Waals surface area contributed by atoms with E-state index in [0.29, 0.717) is 5.92 Å². The van der Waals surface area contributed by atoms with Crippen molar-refractivity contribution in [2.45, 2.75) is 5.92 Å². The van der Waals surface area contributed by atoms with Crippen molar-refractivity contribution >= 4 is 27.3 Å². The van der Waals surface area contributed by atoms with Gasteiger partial charge < -0.3 is 5.32 Å². The third-order valence-corrected chi connectivity index (χ3v) is 4.32. The third kappa shape index (κ3) is 1.95. The molecule has 2 rings (SSSR count). The topological polar surface area (TPSA) is 12.0 Å². The Morgan fingerprint density at radius 2 is 2.46 bits per heavy atom. The van der Waals surface area contributed by atoms with Crippen LogP contribution in [0.25, 0.3) is 0 Å². The molecule has 1 saturated heterocycles. The molecule has 2 heterocycles. The van der Waals surface area contributed by atoms with Crippen LogP contribution in [0.15, 0.2) is 15.9 Å². The zero-order valence-corrected chi connectivity index (χ0v) is 9.50. The average molecular weight is 264 g/mol. The first-order valence-electron chi connectivity index (χ1n) is 4.32. The fourth-order valence-electron chi connectivity index (χ4n) is 1.75. The predicted octanol–water partition coefficient (Wildman–Crippen LogP) is 2.78. The van der Waals surface area contributed by atoms with E-state index in [1.54, 1.807) is 11.3 Å². The minimum Gasteiger partial charge on any atom is -0.316 e. The molecule has 0 bridgehead atoms.